The molecular weight excluding hydrogens is 552 g/mol. The number of carbonyl (C=O) groups is 2. The van der Waals surface area contributed by atoms with Gasteiger partial charge in [-0.1, -0.05) is 24.3 Å². The smallest absolute Gasteiger partial charge is 0.426 e. The second-order valence-electron chi connectivity index (χ2n) is 11.7. The number of hydrogen-bond acceptors (Lipinski definition) is 3. The minimum Gasteiger partial charge on any atom is -0.491 e. The van der Waals surface area contributed by atoms with Crippen molar-refractivity contribution in [2.24, 2.45) is 5.92 Å². The van der Waals surface area contributed by atoms with E-state index in [0.29, 0.717) is 30.9 Å². The summed E-state index contributed by atoms with van der Waals surface area (Å²) in [6.45, 7) is 0.498. The molecule has 2 aromatic carbocycles. The number of benzene rings is 2. The molecule has 2 aromatic rings. The van der Waals surface area contributed by atoms with Crippen molar-refractivity contribution in [1.82, 2.24) is 4.90 Å². The van der Waals surface area contributed by atoms with Crippen molar-refractivity contribution in [2.75, 3.05) is 13.2 Å². The van der Waals surface area contributed by atoms with Gasteiger partial charge in [0.25, 0.3) is 5.91 Å². The summed E-state index contributed by atoms with van der Waals surface area (Å²) in [7, 11) is 0. The summed E-state index contributed by atoms with van der Waals surface area (Å²) in [5.74, 6) is -2.90. The number of carboxylic acids is 1. The topological polar surface area (TPSA) is 66.8 Å². The molecule has 1 N–H and O–H groups in total. The van der Waals surface area contributed by atoms with Gasteiger partial charge in [0.1, 0.15) is 18.2 Å². The molecule has 1 saturated heterocycles. The number of likely N-dealkylation sites (tertiary alicyclic amines) is 1. The van der Waals surface area contributed by atoms with Gasteiger partial charge in [-0.25, -0.2) is 13.2 Å². The number of alkyl halides is 5. The summed E-state index contributed by atoms with van der Waals surface area (Å²) >= 11 is 0. The molecule has 5 rings (SSSR count). The fraction of sp³-hybridized carbons (Fsp3) is 0.533. The van der Waals surface area contributed by atoms with Crippen LogP contribution in [0.3, 0.4) is 0 Å². The quantitative estimate of drug-likeness (QED) is 0.413. The highest BCUT2D eigenvalue weighted by Crippen LogP contribution is 2.52. The highest BCUT2D eigenvalue weighted by atomic mass is 19.4. The number of aliphatic carboxylic acids is 1. The number of ether oxygens (including phenoxy) is 1. The normalized spacial score (nSPS) is 29.5. The van der Waals surface area contributed by atoms with Crippen LogP contribution < -0.4 is 4.74 Å². The van der Waals surface area contributed by atoms with E-state index in [2.05, 4.69) is 0 Å². The first-order valence-electron chi connectivity index (χ1n) is 13.7. The van der Waals surface area contributed by atoms with Gasteiger partial charge in [0.05, 0.1) is 12.0 Å². The standard InChI is InChI=1S/C30H31F6NO4/c1-27(32,30(34,35)36)20-5-8-22-23(15-20)41-17-24-28(22,16-18-3-6-21(31)7-4-18)11-2-14-37(24)26(40)29(33)12-9-19(10-13-29)25(38)39/h3-8,15,19,24H,2,9-14,16-17H2,1H3,(H,38,39). The Morgan fingerprint density at radius 1 is 1.05 bits per heavy atom. The Bertz CT molecular complexity index is 1320. The van der Waals surface area contributed by atoms with Crippen LogP contribution in [0.1, 0.15) is 62.1 Å². The lowest BCUT2D eigenvalue weighted by Gasteiger charge is -2.54. The zero-order valence-corrected chi connectivity index (χ0v) is 22.4. The molecule has 3 unspecified atom stereocenters. The number of halogens is 6. The van der Waals surface area contributed by atoms with Crippen molar-refractivity contribution in [3.05, 3.63) is 65.0 Å². The number of rotatable bonds is 5. The predicted octanol–water partition coefficient (Wildman–Crippen LogP) is 6.42. The molecule has 0 spiro atoms. The van der Waals surface area contributed by atoms with Gasteiger partial charge in [-0.3, -0.25) is 9.59 Å². The summed E-state index contributed by atoms with van der Waals surface area (Å²) in [5.41, 5.74) is -6.27. The van der Waals surface area contributed by atoms with E-state index >= 15 is 4.39 Å². The highest BCUT2D eigenvalue weighted by molar-refractivity contribution is 5.86. The van der Waals surface area contributed by atoms with E-state index in [1.807, 2.05) is 0 Å². The maximum absolute atomic E-state index is 16.1. The Balaban J connectivity index is 1.54. The van der Waals surface area contributed by atoms with Crippen molar-refractivity contribution >= 4 is 11.9 Å². The zero-order valence-electron chi connectivity index (χ0n) is 22.4. The van der Waals surface area contributed by atoms with E-state index in [-0.39, 0.29) is 51.0 Å². The molecule has 1 amide bonds. The van der Waals surface area contributed by atoms with Gasteiger partial charge in [-0.05, 0) is 75.6 Å². The first-order chi connectivity index (χ1) is 19.2. The SMILES string of the molecule is CC(F)(c1ccc2c(c1)OCC1N(C(=O)C3(F)CCC(C(=O)O)CC3)CCCC21Cc1ccc(F)cc1)C(F)(F)F. The molecular formula is C30H31F6NO4. The number of fused-ring (bicyclic) bond motifs is 3. The van der Waals surface area contributed by atoms with Gasteiger partial charge in [0.2, 0.25) is 5.67 Å². The molecule has 3 aliphatic rings. The maximum Gasteiger partial charge on any atom is 0.426 e. The van der Waals surface area contributed by atoms with Crippen molar-refractivity contribution in [3.63, 3.8) is 0 Å². The summed E-state index contributed by atoms with van der Waals surface area (Å²) in [5, 5.41) is 9.30. The van der Waals surface area contributed by atoms with E-state index in [1.54, 1.807) is 12.1 Å². The fourth-order valence-electron chi connectivity index (χ4n) is 6.73. The molecule has 1 aliphatic carbocycles. The molecule has 11 heteroatoms. The summed E-state index contributed by atoms with van der Waals surface area (Å²) < 4.78 is 91.0. The van der Waals surface area contributed by atoms with Crippen LogP contribution in [0, 0.1) is 11.7 Å². The molecule has 0 aromatic heterocycles. The molecule has 1 saturated carbocycles. The average molecular weight is 584 g/mol. The Morgan fingerprint density at radius 3 is 2.32 bits per heavy atom. The third-order valence-electron chi connectivity index (χ3n) is 9.23. The largest absolute Gasteiger partial charge is 0.491 e. The van der Waals surface area contributed by atoms with Gasteiger partial charge in [0, 0.05) is 23.1 Å². The molecule has 5 nitrogen and oxygen atoms in total. The molecule has 3 atom stereocenters. The number of hydrogen-bond donors (Lipinski definition) is 1. The first-order valence-corrected chi connectivity index (χ1v) is 13.7. The first kappa shape index (κ1) is 29.3. The minimum absolute atomic E-state index is 0.0279. The second-order valence-corrected chi connectivity index (χ2v) is 11.7. The van der Waals surface area contributed by atoms with Crippen LogP contribution in [0.2, 0.25) is 0 Å². The van der Waals surface area contributed by atoms with Gasteiger partial charge in [-0.2, -0.15) is 13.2 Å². The van der Waals surface area contributed by atoms with Crippen LogP contribution in [0.25, 0.3) is 0 Å². The highest BCUT2D eigenvalue weighted by Gasteiger charge is 2.57. The van der Waals surface area contributed by atoms with Gasteiger partial charge in [0.15, 0.2) is 5.67 Å². The van der Waals surface area contributed by atoms with Crippen LogP contribution in [-0.4, -0.2) is 52.9 Å². The number of carbonyl (C=O) groups excluding carboxylic acids is 1. The maximum atomic E-state index is 16.1. The van der Waals surface area contributed by atoms with Crippen LogP contribution in [-0.2, 0) is 27.1 Å². The predicted molar refractivity (Wildman–Crippen MR) is 136 cm³/mol. The molecule has 41 heavy (non-hydrogen) atoms. The van der Waals surface area contributed by atoms with E-state index in [4.69, 9.17) is 4.74 Å². The fourth-order valence-corrected chi connectivity index (χ4v) is 6.73. The lowest BCUT2D eigenvalue weighted by molar-refractivity contribution is -0.228. The van der Waals surface area contributed by atoms with Gasteiger partial charge >= 0.3 is 12.1 Å². The summed E-state index contributed by atoms with van der Waals surface area (Å²) in [4.78, 5) is 26.6. The van der Waals surface area contributed by atoms with Crippen LogP contribution in [0.15, 0.2) is 42.5 Å². The Labute approximate surface area is 233 Å². The monoisotopic (exact) mass is 583 g/mol. The van der Waals surface area contributed by atoms with E-state index in [0.717, 1.165) is 12.1 Å². The number of carboxylic acid groups (broad SMARTS) is 1. The van der Waals surface area contributed by atoms with Gasteiger partial charge < -0.3 is 14.7 Å². The van der Waals surface area contributed by atoms with E-state index < -0.39 is 58.1 Å². The third kappa shape index (κ3) is 5.05. The zero-order chi connectivity index (χ0) is 29.8. The molecule has 0 radical (unpaired) electrons. The van der Waals surface area contributed by atoms with Crippen molar-refractivity contribution < 1.29 is 45.8 Å². The summed E-state index contributed by atoms with van der Waals surface area (Å²) in [6, 6.07) is 8.51. The van der Waals surface area contributed by atoms with Crippen molar-refractivity contribution in [3.8, 4) is 5.75 Å². The van der Waals surface area contributed by atoms with Crippen molar-refractivity contribution in [2.45, 2.75) is 80.8 Å². The molecule has 0 bridgehead atoms. The van der Waals surface area contributed by atoms with Crippen LogP contribution in [0.5, 0.6) is 5.75 Å². The number of piperidine rings is 1. The molecule has 2 fully saturated rings. The second kappa shape index (κ2) is 10.2. The van der Waals surface area contributed by atoms with Crippen LogP contribution in [0.4, 0.5) is 26.3 Å². The van der Waals surface area contributed by atoms with Gasteiger partial charge in [-0.15, -0.1) is 0 Å². The lowest BCUT2D eigenvalue weighted by atomic mass is 9.63. The molecule has 2 heterocycles. The van der Waals surface area contributed by atoms with Crippen molar-refractivity contribution in [1.29, 1.82) is 0 Å². The Kier molecular flexibility index (Phi) is 7.31. The third-order valence-corrected chi connectivity index (χ3v) is 9.23. The van der Waals surface area contributed by atoms with Crippen LogP contribution >= 0.6 is 0 Å². The number of nitrogens with zero attached hydrogens (tertiary/aromatic N) is 1. The Morgan fingerprint density at radius 2 is 1.71 bits per heavy atom. The number of amides is 1. The molecule has 2 aliphatic heterocycles. The summed E-state index contributed by atoms with van der Waals surface area (Å²) in [6.07, 6.45) is -4.39. The minimum atomic E-state index is -5.16. The molecule has 222 valence electrons. The average Bonchev–Trinajstić information content (AvgIpc) is 2.92. The van der Waals surface area contributed by atoms with E-state index in [1.165, 1.54) is 23.1 Å². The Hall–Kier alpha value is -3.24. The lowest BCUT2D eigenvalue weighted by Crippen LogP contribution is -2.65. The van der Waals surface area contributed by atoms with E-state index in [9.17, 15) is 36.6 Å².